The number of nitrogens with two attached hydrogens (primary N) is 1. The van der Waals surface area contributed by atoms with Gasteiger partial charge in [-0.05, 0) is 30.8 Å². The highest BCUT2D eigenvalue weighted by Crippen LogP contribution is 2.16. The molecule has 0 spiro atoms. The van der Waals surface area contributed by atoms with E-state index in [9.17, 15) is 0 Å². The first kappa shape index (κ1) is 21.2. The fourth-order valence-electron chi connectivity index (χ4n) is 2.02. The summed E-state index contributed by atoms with van der Waals surface area (Å²) in [6, 6.07) is 9.75. The Labute approximate surface area is 153 Å². The summed E-state index contributed by atoms with van der Waals surface area (Å²) in [6.07, 6.45) is 4.22. The molecule has 0 aliphatic heterocycles. The second-order valence-corrected chi connectivity index (χ2v) is 4.42. The number of fused-ring (bicyclic) bond motifs is 1. The molecule has 122 valence electrons. The van der Waals surface area contributed by atoms with Crippen LogP contribution >= 0.6 is 37.2 Å². The predicted octanol–water partition coefficient (Wildman–Crippen LogP) is 3.12. The van der Waals surface area contributed by atoms with Crippen LogP contribution < -0.4 is 5.73 Å². The number of pyridine rings is 1. The third kappa shape index (κ3) is 5.12. The lowest BCUT2D eigenvalue weighted by molar-refractivity contribution is 0.900. The van der Waals surface area contributed by atoms with Crippen LogP contribution in [-0.2, 0) is 6.42 Å². The number of imidazole rings is 1. The fraction of sp³-hybridized carbons (Fsp3) is 0.125. The Morgan fingerprint density at radius 2 is 1.87 bits per heavy atom. The third-order valence-corrected chi connectivity index (χ3v) is 2.95. The molecule has 7 heteroatoms. The number of nitrogens with one attached hydrogen (secondary N) is 1. The molecule has 3 rings (SSSR count). The van der Waals surface area contributed by atoms with E-state index in [1.54, 1.807) is 12.4 Å². The predicted molar refractivity (Wildman–Crippen MR) is 101 cm³/mol. The van der Waals surface area contributed by atoms with Gasteiger partial charge < -0.3 is 10.7 Å². The van der Waals surface area contributed by atoms with E-state index in [0.717, 1.165) is 34.4 Å². The van der Waals surface area contributed by atoms with Crippen LogP contribution in [0.4, 0.5) is 0 Å². The maximum Gasteiger partial charge on any atom is 0.108 e. The first-order chi connectivity index (χ1) is 9.86. The molecule has 0 unspecified atom stereocenters. The molecule has 2 heterocycles. The molecule has 0 aliphatic carbocycles. The summed E-state index contributed by atoms with van der Waals surface area (Å²) < 4.78 is 0. The van der Waals surface area contributed by atoms with Gasteiger partial charge in [-0.25, -0.2) is 4.98 Å². The monoisotopic (exact) mass is 370 g/mol. The number of hydrogen-bond acceptors (Lipinski definition) is 3. The number of benzene rings is 1. The van der Waals surface area contributed by atoms with Crippen molar-refractivity contribution in [1.82, 2.24) is 15.0 Å². The van der Waals surface area contributed by atoms with Crippen molar-refractivity contribution in [1.29, 1.82) is 0 Å². The molecule has 3 aromatic rings. The Morgan fingerprint density at radius 1 is 1.04 bits per heavy atom. The SMILES string of the molecule is Cl.Cl.Cl.NCCc1nc2c(C#Cc3cccnc3)cccc2[nH]1. The third-order valence-electron chi connectivity index (χ3n) is 2.95. The van der Waals surface area contributed by atoms with Gasteiger partial charge in [-0.2, -0.15) is 0 Å². The second kappa shape index (κ2) is 10.1. The van der Waals surface area contributed by atoms with E-state index in [1.807, 2.05) is 30.3 Å². The first-order valence-electron chi connectivity index (χ1n) is 6.46. The van der Waals surface area contributed by atoms with Crippen molar-refractivity contribution >= 4 is 48.3 Å². The van der Waals surface area contributed by atoms with Crippen LogP contribution in [0.15, 0.2) is 42.7 Å². The van der Waals surface area contributed by atoms with Gasteiger partial charge in [-0.3, -0.25) is 4.98 Å². The van der Waals surface area contributed by atoms with E-state index in [4.69, 9.17) is 5.73 Å². The molecule has 3 N–H and O–H groups in total. The van der Waals surface area contributed by atoms with E-state index in [0.29, 0.717) is 6.54 Å². The summed E-state index contributed by atoms with van der Waals surface area (Å²) in [7, 11) is 0. The molecule has 4 nitrogen and oxygen atoms in total. The number of aromatic amines is 1. The molecule has 0 saturated carbocycles. The van der Waals surface area contributed by atoms with Crippen molar-refractivity contribution in [3.63, 3.8) is 0 Å². The Kier molecular flexibility index (Phi) is 9.31. The highest BCUT2D eigenvalue weighted by atomic mass is 35.5. The number of aromatic nitrogens is 3. The van der Waals surface area contributed by atoms with Gasteiger partial charge in [-0.1, -0.05) is 17.9 Å². The Hall–Kier alpha value is -1.77. The number of rotatable bonds is 2. The summed E-state index contributed by atoms with van der Waals surface area (Å²) in [5.74, 6) is 7.16. The molecule has 0 aliphatic rings. The number of halogens is 3. The standard InChI is InChI=1S/C16H14N4.3ClH/c17-9-8-15-19-14-5-1-4-13(16(14)20-15)7-6-12-3-2-10-18-11-12;;;/h1-5,10-11H,8-9,17H2,(H,19,20);3*1H. The quantitative estimate of drug-likeness (QED) is 0.680. The molecule has 0 bridgehead atoms. The minimum absolute atomic E-state index is 0. The number of para-hydroxylation sites is 1. The minimum Gasteiger partial charge on any atom is -0.342 e. The average molecular weight is 372 g/mol. The van der Waals surface area contributed by atoms with Gasteiger partial charge in [0.25, 0.3) is 0 Å². The molecule has 0 amide bonds. The minimum atomic E-state index is 0. The molecular weight excluding hydrogens is 355 g/mol. The smallest absolute Gasteiger partial charge is 0.108 e. The van der Waals surface area contributed by atoms with Crippen molar-refractivity contribution in [2.24, 2.45) is 5.73 Å². The van der Waals surface area contributed by atoms with Crippen molar-refractivity contribution in [2.75, 3.05) is 6.54 Å². The van der Waals surface area contributed by atoms with E-state index in [1.165, 1.54) is 0 Å². The van der Waals surface area contributed by atoms with Gasteiger partial charge in [0.15, 0.2) is 0 Å². The lowest BCUT2D eigenvalue weighted by Crippen LogP contribution is -2.03. The van der Waals surface area contributed by atoms with Crippen LogP contribution in [0.5, 0.6) is 0 Å². The highest BCUT2D eigenvalue weighted by molar-refractivity contribution is 5.86. The summed E-state index contributed by atoms with van der Waals surface area (Å²) in [5, 5.41) is 0. The lowest BCUT2D eigenvalue weighted by Gasteiger charge is -1.92. The Balaban J connectivity index is 0.00000161. The van der Waals surface area contributed by atoms with Crippen LogP contribution in [0.2, 0.25) is 0 Å². The van der Waals surface area contributed by atoms with Crippen LogP contribution in [0.1, 0.15) is 17.0 Å². The van der Waals surface area contributed by atoms with E-state index in [-0.39, 0.29) is 37.2 Å². The van der Waals surface area contributed by atoms with Gasteiger partial charge in [0.1, 0.15) is 11.3 Å². The van der Waals surface area contributed by atoms with Crippen LogP contribution in [0, 0.1) is 11.8 Å². The molecular formula is C16H17Cl3N4. The Bertz CT molecular complexity index is 791. The zero-order chi connectivity index (χ0) is 13.8. The maximum atomic E-state index is 5.56. The summed E-state index contributed by atoms with van der Waals surface area (Å²) in [4.78, 5) is 11.9. The zero-order valence-corrected chi connectivity index (χ0v) is 14.6. The normalized spacial score (nSPS) is 8.91. The van der Waals surface area contributed by atoms with Crippen LogP contribution in [-0.4, -0.2) is 21.5 Å². The molecule has 0 fully saturated rings. The molecule has 1 aromatic carbocycles. The number of H-pyrrole nitrogens is 1. The van der Waals surface area contributed by atoms with Crippen LogP contribution in [0.3, 0.4) is 0 Å². The van der Waals surface area contributed by atoms with Crippen molar-refractivity contribution in [2.45, 2.75) is 6.42 Å². The summed E-state index contributed by atoms with van der Waals surface area (Å²) >= 11 is 0. The average Bonchev–Trinajstić information content (AvgIpc) is 2.89. The van der Waals surface area contributed by atoms with Crippen molar-refractivity contribution in [3.05, 3.63) is 59.7 Å². The van der Waals surface area contributed by atoms with Crippen molar-refractivity contribution in [3.8, 4) is 11.8 Å². The second-order valence-electron chi connectivity index (χ2n) is 4.42. The summed E-state index contributed by atoms with van der Waals surface area (Å²) in [5.41, 5.74) is 9.25. The molecule has 0 radical (unpaired) electrons. The van der Waals surface area contributed by atoms with Crippen LogP contribution in [0.25, 0.3) is 11.0 Å². The van der Waals surface area contributed by atoms with Gasteiger partial charge in [0.2, 0.25) is 0 Å². The topological polar surface area (TPSA) is 67.6 Å². The number of nitrogens with zero attached hydrogens (tertiary/aromatic N) is 2. The van der Waals surface area contributed by atoms with Gasteiger partial charge in [0, 0.05) is 24.4 Å². The zero-order valence-electron chi connectivity index (χ0n) is 12.2. The van der Waals surface area contributed by atoms with E-state index >= 15 is 0 Å². The fourth-order valence-corrected chi connectivity index (χ4v) is 2.02. The summed E-state index contributed by atoms with van der Waals surface area (Å²) in [6.45, 7) is 0.580. The highest BCUT2D eigenvalue weighted by Gasteiger charge is 2.05. The first-order valence-corrected chi connectivity index (χ1v) is 6.46. The van der Waals surface area contributed by atoms with Gasteiger partial charge in [0.05, 0.1) is 11.1 Å². The van der Waals surface area contributed by atoms with Gasteiger partial charge in [-0.15, -0.1) is 37.2 Å². The molecule has 0 saturated heterocycles. The Morgan fingerprint density at radius 3 is 2.57 bits per heavy atom. The van der Waals surface area contributed by atoms with Gasteiger partial charge >= 0.3 is 0 Å². The number of hydrogen-bond donors (Lipinski definition) is 2. The van der Waals surface area contributed by atoms with Crippen molar-refractivity contribution < 1.29 is 0 Å². The lowest BCUT2D eigenvalue weighted by atomic mass is 10.1. The van der Waals surface area contributed by atoms with E-state index < -0.39 is 0 Å². The van der Waals surface area contributed by atoms with E-state index in [2.05, 4.69) is 26.8 Å². The molecule has 0 atom stereocenters. The molecule has 23 heavy (non-hydrogen) atoms. The molecule has 2 aromatic heterocycles. The maximum absolute atomic E-state index is 5.56. The largest absolute Gasteiger partial charge is 0.342 e.